The topological polar surface area (TPSA) is 199 Å². The number of ether oxygens (including phenoxy) is 4. The van der Waals surface area contributed by atoms with Gasteiger partial charge in [-0.1, -0.05) is 72.8 Å². The third kappa shape index (κ3) is 10.3. The molecule has 4 heterocycles. The van der Waals surface area contributed by atoms with E-state index in [4.69, 9.17) is 33.0 Å². The van der Waals surface area contributed by atoms with Crippen LogP contribution in [0.2, 0.25) is 0 Å². The number of morpholine rings is 1. The Balaban J connectivity index is 1.36. The molecule has 0 aliphatic carbocycles. The van der Waals surface area contributed by atoms with Gasteiger partial charge in [0.25, 0.3) is 14.4 Å². The van der Waals surface area contributed by atoms with E-state index in [-0.39, 0.29) is 44.1 Å². The molecule has 6 aromatic rings. The highest BCUT2D eigenvalue weighted by molar-refractivity contribution is 7.44. The summed E-state index contributed by atoms with van der Waals surface area (Å²) in [5, 5.41) is 26.7. The van der Waals surface area contributed by atoms with Crippen molar-refractivity contribution in [3.63, 3.8) is 0 Å². The number of fused-ring (bicyclic) bond motifs is 2. The molecular formula is C54H62N9O9P. The summed E-state index contributed by atoms with van der Waals surface area (Å²) in [7, 11) is 4.65. The van der Waals surface area contributed by atoms with E-state index in [0.717, 1.165) is 16.7 Å². The van der Waals surface area contributed by atoms with E-state index in [1.807, 2.05) is 130 Å². The molecule has 18 nitrogen and oxygen atoms in total. The normalized spacial score (nSPS) is 19.8. The minimum atomic E-state index is -2.39. The van der Waals surface area contributed by atoms with Crippen LogP contribution >= 0.6 is 8.53 Å². The highest BCUT2D eigenvalue weighted by Crippen LogP contribution is 2.61. The lowest BCUT2D eigenvalue weighted by molar-refractivity contribution is -0.243. The summed E-state index contributed by atoms with van der Waals surface area (Å²) < 4.78 is 43.2. The van der Waals surface area contributed by atoms with Crippen LogP contribution in [-0.2, 0) is 24.1 Å². The van der Waals surface area contributed by atoms with Crippen molar-refractivity contribution in [2.75, 3.05) is 63.2 Å². The number of anilines is 3. The molecule has 2 aromatic heterocycles. The van der Waals surface area contributed by atoms with Gasteiger partial charge in [-0.25, -0.2) is 14.4 Å². The fraction of sp³-hybridized carbons (Fsp3) is 0.370. The van der Waals surface area contributed by atoms with Crippen LogP contribution < -0.4 is 30.3 Å². The van der Waals surface area contributed by atoms with E-state index < -0.39 is 49.4 Å². The maximum Gasteiger partial charge on any atom is 0.351 e. The van der Waals surface area contributed by atoms with Gasteiger partial charge in [0.1, 0.15) is 34.8 Å². The zero-order valence-electron chi connectivity index (χ0n) is 42.5. The zero-order valence-corrected chi connectivity index (χ0v) is 43.4. The third-order valence-corrected chi connectivity index (χ3v) is 15.1. The lowest BCUT2D eigenvalue weighted by Crippen LogP contribution is -2.58. The monoisotopic (exact) mass is 1010 g/mol. The molecule has 382 valence electrons. The van der Waals surface area contributed by atoms with Crippen LogP contribution in [0.25, 0.3) is 0 Å². The van der Waals surface area contributed by atoms with E-state index in [2.05, 4.69) is 21.4 Å². The molecule has 2 saturated heterocycles. The van der Waals surface area contributed by atoms with Crippen LogP contribution in [0.4, 0.5) is 17.6 Å². The first-order valence-electron chi connectivity index (χ1n) is 24.0. The lowest BCUT2D eigenvalue weighted by Gasteiger charge is -2.44. The van der Waals surface area contributed by atoms with Crippen LogP contribution in [0.1, 0.15) is 73.0 Å². The Hall–Kier alpha value is -6.81. The number of nitriles is 1. The molecule has 1 amide bonds. The van der Waals surface area contributed by atoms with Gasteiger partial charge in [0.2, 0.25) is 11.7 Å². The Morgan fingerprint density at radius 2 is 1.49 bits per heavy atom. The maximum absolute atomic E-state index is 14.7. The molecule has 5 atom stereocenters. The number of nitrogens with zero attached hydrogens (tertiary/aromatic N) is 8. The lowest BCUT2D eigenvalue weighted by atomic mass is 9.79. The van der Waals surface area contributed by atoms with Crippen LogP contribution in [0.5, 0.6) is 11.5 Å². The van der Waals surface area contributed by atoms with Gasteiger partial charge in [0, 0.05) is 49.7 Å². The average molecular weight is 1010 g/mol. The summed E-state index contributed by atoms with van der Waals surface area (Å²) in [6, 6.07) is 35.8. The molecule has 2 fully saturated rings. The number of carbonyl (C=O) groups excluding carboxylic acids is 1. The number of nitrogens with one attached hydrogen (secondary N) is 1. The summed E-state index contributed by atoms with van der Waals surface area (Å²) in [4.78, 5) is 45.5. The van der Waals surface area contributed by atoms with Gasteiger partial charge < -0.3 is 43.7 Å². The Morgan fingerprint density at radius 3 is 2.05 bits per heavy atom. The molecule has 0 spiro atoms. The van der Waals surface area contributed by atoms with E-state index in [1.165, 1.54) is 4.57 Å². The number of hydrogen-bond acceptors (Lipinski definition) is 16. The Kier molecular flexibility index (Phi) is 15.9. The molecule has 2 aliphatic rings. The van der Waals surface area contributed by atoms with Gasteiger partial charge >= 0.3 is 5.69 Å². The number of hydrogen-bond donors (Lipinski definition) is 2. The summed E-state index contributed by atoms with van der Waals surface area (Å²) in [6.45, 7) is 9.25. The highest BCUT2D eigenvalue weighted by Gasteiger charge is 2.77. The molecule has 0 saturated carbocycles. The van der Waals surface area contributed by atoms with E-state index in [1.54, 1.807) is 74.8 Å². The fourth-order valence-corrected chi connectivity index (χ4v) is 11.3. The molecule has 8 rings (SSSR count). The number of benzene rings is 4. The Bertz CT molecular complexity index is 2890. The molecule has 2 bridgehead atoms. The average Bonchev–Trinajstić information content (AvgIpc) is 3.78. The van der Waals surface area contributed by atoms with Crippen molar-refractivity contribution in [1.82, 2.24) is 24.2 Å². The molecule has 73 heavy (non-hydrogen) atoms. The Morgan fingerprint density at radius 1 is 0.904 bits per heavy atom. The summed E-state index contributed by atoms with van der Waals surface area (Å²) in [6.07, 6.45) is 1.88. The van der Waals surface area contributed by atoms with Gasteiger partial charge in [-0.3, -0.25) is 13.9 Å². The van der Waals surface area contributed by atoms with Crippen molar-refractivity contribution in [2.45, 2.75) is 82.4 Å². The quantitative estimate of drug-likeness (QED) is 0.0306. The second kappa shape index (κ2) is 22.1. The van der Waals surface area contributed by atoms with E-state index in [9.17, 15) is 20.0 Å². The predicted octanol–water partition coefficient (Wildman–Crippen LogP) is 7.82. The van der Waals surface area contributed by atoms with Crippen molar-refractivity contribution in [2.24, 2.45) is 0 Å². The zero-order chi connectivity index (χ0) is 52.1. The molecule has 4 aromatic carbocycles. The van der Waals surface area contributed by atoms with Gasteiger partial charge in [0.15, 0.2) is 11.8 Å². The van der Waals surface area contributed by atoms with Crippen molar-refractivity contribution >= 4 is 32.0 Å². The number of aryl methyl sites for hydroxylation is 1. The van der Waals surface area contributed by atoms with Crippen LogP contribution in [0.15, 0.2) is 132 Å². The van der Waals surface area contributed by atoms with Crippen molar-refractivity contribution in [3.8, 4) is 17.6 Å². The third-order valence-electron chi connectivity index (χ3n) is 13.0. The van der Waals surface area contributed by atoms with Gasteiger partial charge in [-0.05, 0) is 93.8 Å². The standard InChI is InChI=1S/C54H62N9O9P/c1-36(2)63(37(3)4)73(70-32-16-30-55)72-54(66)46-49(61-33-38(5)47(59-51(61)65)58-48(64)39-17-12-10-13-18-39)71-52(54,34-62(46)45-29-31-56-50(57-45)60(6)7)35-69-53(40-19-14-11-15-20-40,41-21-25-43(67-8)26-22-41)42-23-27-44(68-9)28-24-42/h10-15,17-29,31,33,36-37,46,49,66H,16,32,34-35H2,1-9H3,(H,58,59,64,65)/t46-,49-,52-,54+,73?/m1/s1. The minimum absolute atomic E-state index is 0.000705. The first-order chi connectivity index (χ1) is 35.1. The molecular weight excluding hydrogens is 950 g/mol. The van der Waals surface area contributed by atoms with E-state index in [0.29, 0.717) is 34.4 Å². The number of carbonyl (C=O) groups is 1. The number of aliphatic hydroxyl groups is 1. The smallest absolute Gasteiger partial charge is 0.351 e. The summed E-state index contributed by atoms with van der Waals surface area (Å²) >= 11 is 0. The van der Waals surface area contributed by atoms with Crippen LogP contribution in [0.3, 0.4) is 0 Å². The predicted molar refractivity (Wildman–Crippen MR) is 277 cm³/mol. The number of methoxy groups -OCH3 is 2. The van der Waals surface area contributed by atoms with Gasteiger partial charge in [0.05, 0.1) is 46.5 Å². The first kappa shape index (κ1) is 52.5. The van der Waals surface area contributed by atoms with Gasteiger partial charge in [-0.15, -0.1) is 0 Å². The molecule has 2 N–H and O–H groups in total. The number of rotatable bonds is 21. The maximum atomic E-state index is 14.7. The van der Waals surface area contributed by atoms with Gasteiger partial charge in [-0.2, -0.15) is 15.2 Å². The van der Waals surface area contributed by atoms with Crippen molar-refractivity contribution < 1.29 is 37.9 Å². The molecule has 19 heteroatoms. The number of amides is 1. The second-order valence-corrected chi connectivity index (χ2v) is 20.0. The largest absolute Gasteiger partial charge is 0.497 e. The van der Waals surface area contributed by atoms with E-state index >= 15 is 0 Å². The molecule has 2 aliphatic heterocycles. The molecule has 1 unspecified atom stereocenters. The Labute approximate surface area is 427 Å². The second-order valence-electron chi connectivity index (χ2n) is 18.6. The van der Waals surface area contributed by atoms with Crippen molar-refractivity contribution in [1.29, 1.82) is 5.26 Å². The first-order valence-corrected chi connectivity index (χ1v) is 25.1. The fourth-order valence-electron chi connectivity index (χ4n) is 9.55. The SMILES string of the molecule is COc1ccc(C(OC[C@@]23CN(c4ccnc(N(C)C)n4)[C@H]([C@H](n4cc(C)c(NC(=O)c5ccccc5)nc4=O)O2)[C@]3(O)OP(OCCC#N)N(C(C)C)C(C)C)(c2ccccc2)c2ccc(OC)cc2)cc1. The van der Waals surface area contributed by atoms with Crippen LogP contribution in [0, 0.1) is 18.3 Å². The molecule has 0 radical (unpaired) electrons. The number of aromatic nitrogens is 4. The van der Waals surface area contributed by atoms with Crippen LogP contribution in [-0.4, -0.2) is 113 Å². The summed E-state index contributed by atoms with van der Waals surface area (Å²) in [5.41, 5.74) is -1.07. The van der Waals surface area contributed by atoms with Crippen molar-refractivity contribution in [3.05, 3.63) is 166 Å². The highest BCUT2D eigenvalue weighted by atomic mass is 31.2. The minimum Gasteiger partial charge on any atom is -0.497 e. The summed E-state index contributed by atoms with van der Waals surface area (Å²) in [5.74, 6) is -0.752.